The average molecular weight is 513 g/mol. The highest BCUT2D eigenvalue weighted by Gasteiger charge is 2.50. The highest BCUT2D eigenvalue weighted by molar-refractivity contribution is 6.31. The lowest BCUT2D eigenvalue weighted by atomic mass is 9.82. The summed E-state index contributed by atoms with van der Waals surface area (Å²) in [6.07, 6.45) is 3.31. The maximum Gasteiger partial charge on any atom is 0.235 e. The van der Waals surface area contributed by atoms with Gasteiger partial charge in [-0.3, -0.25) is 14.5 Å². The molecule has 0 bridgehead atoms. The fourth-order valence-electron chi connectivity index (χ4n) is 4.56. The molecule has 4 heterocycles. The van der Waals surface area contributed by atoms with E-state index in [1.165, 1.54) is 11.2 Å². The van der Waals surface area contributed by atoms with Gasteiger partial charge >= 0.3 is 0 Å². The van der Waals surface area contributed by atoms with Gasteiger partial charge in [0, 0.05) is 48.5 Å². The summed E-state index contributed by atoms with van der Waals surface area (Å²) in [6, 6.07) is 5.68. The van der Waals surface area contributed by atoms with Crippen molar-refractivity contribution < 1.29 is 14.3 Å². The first-order chi connectivity index (χ1) is 17.1. The minimum atomic E-state index is -0.693. The molecule has 0 aliphatic carbocycles. The van der Waals surface area contributed by atoms with Crippen molar-refractivity contribution in [2.45, 2.75) is 34.2 Å². The topological polar surface area (TPSA) is 101 Å². The van der Waals surface area contributed by atoms with E-state index in [0.29, 0.717) is 5.02 Å². The Bertz CT molecular complexity index is 1270. The van der Waals surface area contributed by atoms with E-state index in [1.807, 2.05) is 52.2 Å². The van der Waals surface area contributed by atoms with Gasteiger partial charge in [0.1, 0.15) is 6.33 Å². The molecule has 2 aliphatic heterocycles. The predicted octanol–water partition coefficient (Wildman–Crippen LogP) is 3.54. The third-order valence-corrected chi connectivity index (χ3v) is 7.19. The van der Waals surface area contributed by atoms with Crippen LogP contribution in [-0.2, 0) is 20.9 Å². The van der Waals surface area contributed by atoms with E-state index in [1.54, 1.807) is 11.4 Å². The Morgan fingerprint density at radius 2 is 1.94 bits per heavy atom. The van der Waals surface area contributed by atoms with E-state index < -0.39 is 5.41 Å². The van der Waals surface area contributed by atoms with Crippen LogP contribution in [0.25, 0.3) is 16.8 Å². The molecular formula is C26H33ClN6O3. The quantitative estimate of drug-likeness (QED) is 0.515. The van der Waals surface area contributed by atoms with E-state index in [4.69, 9.17) is 16.3 Å². The van der Waals surface area contributed by atoms with Gasteiger partial charge in [0.2, 0.25) is 11.8 Å². The summed E-state index contributed by atoms with van der Waals surface area (Å²) in [5.41, 5.74) is 4.42. The largest absolute Gasteiger partial charge is 0.387 e. The lowest BCUT2D eigenvalue weighted by Crippen LogP contribution is -2.32. The van der Waals surface area contributed by atoms with Gasteiger partial charge in [-0.1, -0.05) is 32.4 Å². The van der Waals surface area contributed by atoms with Crippen molar-refractivity contribution in [3.05, 3.63) is 46.9 Å². The molecule has 1 aromatic carbocycles. The summed E-state index contributed by atoms with van der Waals surface area (Å²) in [6.45, 7) is 11.5. The summed E-state index contributed by atoms with van der Waals surface area (Å²) >= 11 is 6.31. The SMILES string of the molecule is C1COCCN1.CNc1c(C)cc(Cl)cc1-c1ncnn2cc(CN3C(=O)C(C)C(C)(C)C3=O)cc12. The predicted molar refractivity (Wildman–Crippen MR) is 140 cm³/mol. The molecular weight excluding hydrogens is 480 g/mol. The Labute approximate surface area is 216 Å². The monoisotopic (exact) mass is 512 g/mol. The van der Waals surface area contributed by atoms with Crippen LogP contribution in [0.5, 0.6) is 0 Å². The number of fused-ring (bicyclic) bond motifs is 1. The molecule has 0 radical (unpaired) electrons. The van der Waals surface area contributed by atoms with Gasteiger partial charge in [0.25, 0.3) is 0 Å². The number of likely N-dealkylation sites (tertiary alicyclic amines) is 1. The van der Waals surface area contributed by atoms with Gasteiger partial charge in [-0.15, -0.1) is 0 Å². The van der Waals surface area contributed by atoms with Crippen LogP contribution >= 0.6 is 11.6 Å². The maximum absolute atomic E-state index is 12.8. The number of amides is 2. The number of halogens is 1. The van der Waals surface area contributed by atoms with Crippen molar-refractivity contribution in [1.29, 1.82) is 0 Å². The van der Waals surface area contributed by atoms with Gasteiger partial charge in [0.15, 0.2) is 0 Å². The number of ether oxygens (including phenoxy) is 1. The average Bonchev–Trinajstić information content (AvgIpc) is 3.34. The number of aryl methyl sites for hydroxylation is 1. The molecule has 1 unspecified atom stereocenters. The standard InChI is InChI=1S/C22H24ClN5O2.C4H9NO/c1-12-6-15(23)8-16(18(12)24-5)19-17-7-14(10-28(17)26-11-25-19)9-27-20(29)13(2)22(3,4)21(27)30;1-3-6-4-2-5-1/h6-8,10-11,13,24H,9H2,1-5H3;5H,1-4H2. The summed E-state index contributed by atoms with van der Waals surface area (Å²) in [7, 11) is 1.86. The highest BCUT2D eigenvalue weighted by atomic mass is 35.5. The number of aromatic nitrogens is 3. The molecule has 10 heteroatoms. The molecule has 2 N–H and O–H groups in total. The Kier molecular flexibility index (Phi) is 7.63. The van der Waals surface area contributed by atoms with E-state index in [-0.39, 0.29) is 24.3 Å². The van der Waals surface area contributed by atoms with Crippen LogP contribution in [0.4, 0.5) is 5.69 Å². The van der Waals surface area contributed by atoms with Gasteiger partial charge in [-0.05, 0) is 36.2 Å². The van der Waals surface area contributed by atoms with Crippen LogP contribution in [0, 0.1) is 18.3 Å². The minimum Gasteiger partial charge on any atom is -0.387 e. The Morgan fingerprint density at radius 1 is 1.22 bits per heavy atom. The smallest absolute Gasteiger partial charge is 0.235 e. The first-order valence-electron chi connectivity index (χ1n) is 12.1. The first kappa shape index (κ1) is 26.1. The number of carbonyl (C=O) groups is 2. The molecule has 1 atom stereocenters. The molecule has 9 nitrogen and oxygen atoms in total. The van der Waals surface area contributed by atoms with Gasteiger partial charge in [-0.25, -0.2) is 9.50 Å². The number of nitrogens with one attached hydrogen (secondary N) is 2. The number of imide groups is 1. The number of nitrogens with zero attached hydrogens (tertiary/aromatic N) is 4. The zero-order valence-corrected chi connectivity index (χ0v) is 22.1. The van der Waals surface area contributed by atoms with Crippen LogP contribution in [0.3, 0.4) is 0 Å². The minimum absolute atomic E-state index is 0.144. The Hall–Kier alpha value is -3.01. The van der Waals surface area contributed by atoms with Crippen molar-refractivity contribution >= 4 is 34.6 Å². The van der Waals surface area contributed by atoms with Crippen molar-refractivity contribution in [3.8, 4) is 11.3 Å². The van der Waals surface area contributed by atoms with Crippen molar-refractivity contribution in [3.63, 3.8) is 0 Å². The molecule has 2 aromatic heterocycles. The van der Waals surface area contributed by atoms with Crippen LogP contribution < -0.4 is 10.6 Å². The van der Waals surface area contributed by atoms with E-state index in [0.717, 1.165) is 59.9 Å². The van der Waals surface area contributed by atoms with E-state index >= 15 is 0 Å². The number of rotatable bonds is 4. The highest BCUT2D eigenvalue weighted by Crippen LogP contribution is 2.39. The van der Waals surface area contributed by atoms with Crippen LogP contribution in [0.15, 0.2) is 30.7 Å². The van der Waals surface area contributed by atoms with Gasteiger partial charge < -0.3 is 15.4 Å². The second kappa shape index (κ2) is 10.5. The third-order valence-electron chi connectivity index (χ3n) is 6.97. The van der Waals surface area contributed by atoms with E-state index in [2.05, 4.69) is 20.7 Å². The summed E-state index contributed by atoms with van der Waals surface area (Å²) < 4.78 is 6.72. The Balaban J connectivity index is 0.000000445. The van der Waals surface area contributed by atoms with Crippen LogP contribution in [0.1, 0.15) is 31.9 Å². The maximum atomic E-state index is 12.8. The van der Waals surface area contributed by atoms with Gasteiger partial charge in [-0.2, -0.15) is 5.10 Å². The molecule has 5 rings (SSSR count). The molecule has 36 heavy (non-hydrogen) atoms. The van der Waals surface area contributed by atoms with E-state index in [9.17, 15) is 9.59 Å². The zero-order chi connectivity index (χ0) is 26.0. The lowest BCUT2D eigenvalue weighted by molar-refractivity contribution is -0.141. The molecule has 2 fully saturated rings. The second-order valence-corrected chi connectivity index (χ2v) is 10.2. The zero-order valence-electron chi connectivity index (χ0n) is 21.4. The van der Waals surface area contributed by atoms with Crippen LogP contribution in [-0.4, -0.2) is 64.7 Å². The van der Waals surface area contributed by atoms with Crippen molar-refractivity contribution in [2.75, 3.05) is 38.7 Å². The number of hydrogen-bond acceptors (Lipinski definition) is 7. The second-order valence-electron chi connectivity index (χ2n) is 9.72. The summed E-state index contributed by atoms with van der Waals surface area (Å²) in [5.74, 6) is -0.635. The normalized spacial score (nSPS) is 19.4. The third kappa shape index (κ3) is 4.96. The Morgan fingerprint density at radius 3 is 2.50 bits per heavy atom. The summed E-state index contributed by atoms with van der Waals surface area (Å²) in [5, 5.41) is 11.3. The van der Waals surface area contributed by atoms with Crippen molar-refractivity contribution in [2.24, 2.45) is 11.3 Å². The molecule has 2 amide bonds. The van der Waals surface area contributed by atoms with Gasteiger partial charge in [0.05, 0.1) is 36.4 Å². The fraction of sp³-hybridized carbons (Fsp3) is 0.462. The molecule has 2 aliphatic rings. The molecule has 0 saturated carbocycles. The number of anilines is 1. The number of carbonyl (C=O) groups excluding carboxylic acids is 2. The van der Waals surface area contributed by atoms with Crippen LogP contribution in [0.2, 0.25) is 5.02 Å². The number of morpholine rings is 1. The number of benzene rings is 1. The molecule has 3 aromatic rings. The lowest BCUT2D eigenvalue weighted by Gasteiger charge is -2.18. The van der Waals surface area contributed by atoms with Crippen molar-refractivity contribution in [1.82, 2.24) is 24.8 Å². The fourth-order valence-corrected chi connectivity index (χ4v) is 4.84. The molecule has 192 valence electrons. The number of hydrogen-bond donors (Lipinski definition) is 2. The summed E-state index contributed by atoms with van der Waals surface area (Å²) in [4.78, 5) is 31.2. The first-order valence-corrected chi connectivity index (χ1v) is 12.5. The molecule has 0 spiro atoms. The molecule has 2 saturated heterocycles.